The van der Waals surface area contributed by atoms with Crippen molar-refractivity contribution in [1.29, 1.82) is 0 Å². The van der Waals surface area contributed by atoms with E-state index < -0.39 is 0 Å². The van der Waals surface area contributed by atoms with Crippen molar-refractivity contribution < 1.29 is 4.74 Å². The van der Waals surface area contributed by atoms with Crippen LogP contribution in [0.5, 0.6) is 0 Å². The zero-order valence-electron chi connectivity index (χ0n) is 6.34. The summed E-state index contributed by atoms with van der Waals surface area (Å²) in [5.41, 5.74) is 1.57. The van der Waals surface area contributed by atoms with E-state index in [2.05, 4.69) is 19.4 Å². The van der Waals surface area contributed by atoms with E-state index in [0.29, 0.717) is 12.2 Å². The lowest BCUT2D eigenvalue weighted by molar-refractivity contribution is 0.384. The largest absolute Gasteiger partial charge is 0.365 e. The molecule has 1 heteroatoms. The van der Waals surface area contributed by atoms with Gasteiger partial charge in [0, 0.05) is 0 Å². The Balaban J connectivity index is 1.94. The van der Waals surface area contributed by atoms with Crippen LogP contribution in [0.3, 0.4) is 0 Å². The van der Waals surface area contributed by atoms with Crippen molar-refractivity contribution in [3.05, 3.63) is 18.1 Å². The van der Waals surface area contributed by atoms with Crippen LogP contribution in [-0.4, -0.2) is 12.2 Å². The van der Waals surface area contributed by atoms with Crippen molar-refractivity contribution in [2.45, 2.75) is 38.4 Å². The molecule has 10 heavy (non-hydrogen) atoms. The average Bonchev–Trinajstić information content (AvgIpc) is 2.66. The number of hydrogen-bond donors (Lipinski definition) is 0. The van der Waals surface area contributed by atoms with Gasteiger partial charge >= 0.3 is 0 Å². The minimum Gasteiger partial charge on any atom is -0.365 e. The van der Waals surface area contributed by atoms with Crippen LogP contribution in [0.4, 0.5) is 0 Å². The normalized spacial score (nSPS) is 36.7. The summed E-state index contributed by atoms with van der Waals surface area (Å²) in [6.45, 7) is 2.11. The zero-order valence-corrected chi connectivity index (χ0v) is 6.34. The molecule has 2 unspecified atom stereocenters. The predicted octanol–water partition coefficient (Wildman–Crippen LogP) is 2.09. The molecular formula is C9H13O. The summed E-state index contributed by atoms with van der Waals surface area (Å²) in [7, 11) is 0. The van der Waals surface area contributed by atoms with E-state index >= 15 is 0 Å². The highest BCUT2D eigenvalue weighted by molar-refractivity contribution is 5.18. The maximum absolute atomic E-state index is 5.36. The quantitative estimate of drug-likeness (QED) is 0.419. The first-order valence-electron chi connectivity index (χ1n) is 4.03. The fraction of sp³-hybridized carbons (Fsp3) is 0.667. The molecule has 2 aliphatic rings. The Morgan fingerprint density at radius 3 is 3.40 bits per heavy atom. The van der Waals surface area contributed by atoms with Crippen molar-refractivity contribution in [2.75, 3.05) is 0 Å². The average molecular weight is 137 g/mol. The molecule has 1 radical (unpaired) electrons. The van der Waals surface area contributed by atoms with Gasteiger partial charge in [-0.2, -0.15) is 0 Å². The Hall–Kier alpha value is -0.300. The molecule has 2 atom stereocenters. The van der Waals surface area contributed by atoms with Crippen molar-refractivity contribution in [2.24, 2.45) is 0 Å². The van der Waals surface area contributed by atoms with E-state index in [1.807, 2.05) is 0 Å². The lowest BCUT2D eigenvalue weighted by Gasteiger charge is -2.06. The van der Waals surface area contributed by atoms with E-state index in [4.69, 9.17) is 4.74 Å². The Kier molecular flexibility index (Phi) is 1.53. The van der Waals surface area contributed by atoms with Crippen LogP contribution in [0.2, 0.25) is 0 Å². The fourth-order valence-corrected chi connectivity index (χ4v) is 1.61. The van der Waals surface area contributed by atoms with Gasteiger partial charge in [-0.15, -0.1) is 0 Å². The van der Waals surface area contributed by atoms with Crippen LogP contribution in [0.25, 0.3) is 0 Å². The number of epoxide rings is 1. The highest BCUT2D eigenvalue weighted by atomic mass is 16.6. The van der Waals surface area contributed by atoms with Gasteiger partial charge in [-0.25, -0.2) is 0 Å². The minimum atomic E-state index is 0.503. The molecule has 0 saturated carbocycles. The van der Waals surface area contributed by atoms with Gasteiger partial charge in [0.1, 0.15) is 6.10 Å². The summed E-state index contributed by atoms with van der Waals surface area (Å²) in [5, 5.41) is 0. The first kappa shape index (κ1) is 6.41. The molecular weight excluding hydrogens is 124 g/mol. The molecule has 0 amide bonds. The Bertz CT molecular complexity index is 160. The molecule has 0 bridgehead atoms. The summed E-state index contributed by atoms with van der Waals surface area (Å²) in [6.07, 6.45) is 9.29. The van der Waals surface area contributed by atoms with Crippen LogP contribution in [-0.2, 0) is 4.74 Å². The van der Waals surface area contributed by atoms with Crippen molar-refractivity contribution in [1.82, 2.24) is 0 Å². The summed E-state index contributed by atoms with van der Waals surface area (Å²) < 4.78 is 5.36. The molecule has 0 N–H and O–H groups in total. The Labute approximate surface area is 62.1 Å². The highest BCUT2D eigenvalue weighted by Gasteiger charge is 2.39. The molecule has 0 aromatic heterocycles. The van der Waals surface area contributed by atoms with Crippen molar-refractivity contribution in [3.63, 3.8) is 0 Å². The van der Waals surface area contributed by atoms with E-state index in [1.165, 1.54) is 12.8 Å². The maximum atomic E-state index is 5.36. The van der Waals surface area contributed by atoms with E-state index in [-0.39, 0.29) is 0 Å². The van der Waals surface area contributed by atoms with E-state index in [1.54, 1.807) is 5.57 Å². The fourth-order valence-electron chi connectivity index (χ4n) is 1.61. The molecule has 1 heterocycles. The third-order valence-corrected chi connectivity index (χ3v) is 2.24. The van der Waals surface area contributed by atoms with Gasteiger partial charge in [0.2, 0.25) is 0 Å². The van der Waals surface area contributed by atoms with Crippen LogP contribution in [0.1, 0.15) is 26.2 Å². The second-order valence-corrected chi connectivity index (χ2v) is 3.12. The first-order chi connectivity index (χ1) is 4.90. The number of hydrogen-bond acceptors (Lipinski definition) is 1. The van der Waals surface area contributed by atoms with Gasteiger partial charge in [0.05, 0.1) is 6.10 Å². The molecule has 0 spiro atoms. The monoisotopic (exact) mass is 137 g/mol. The van der Waals surface area contributed by atoms with Crippen LogP contribution >= 0.6 is 0 Å². The summed E-state index contributed by atoms with van der Waals surface area (Å²) in [6, 6.07) is 0. The van der Waals surface area contributed by atoms with Gasteiger partial charge in [0.25, 0.3) is 0 Å². The molecule has 1 aliphatic carbocycles. The van der Waals surface area contributed by atoms with Crippen molar-refractivity contribution >= 4 is 0 Å². The molecule has 2 rings (SSSR count). The lowest BCUT2D eigenvalue weighted by atomic mass is 9.96. The predicted molar refractivity (Wildman–Crippen MR) is 40.6 cm³/mol. The molecule has 1 fully saturated rings. The van der Waals surface area contributed by atoms with Gasteiger partial charge in [-0.3, -0.25) is 0 Å². The van der Waals surface area contributed by atoms with E-state index in [9.17, 15) is 0 Å². The molecule has 55 valence electrons. The van der Waals surface area contributed by atoms with E-state index in [0.717, 1.165) is 6.42 Å². The summed E-state index contributed by atoms with van der Waals surface area (Å²) in [4.78, 5) is 0. The molecule has 1 saturated heterocycles. The number of allylic oxidation sites excluding steroid dienone is 1. The van der Waals surface area contributed by atoms with Gasteiger partial charge in [-0.1, -0.05) is 18.6 Å². The topological polar surface area (TPSA) is 12.5 Å². The smallest absolute Gasteiger partial charge is 0.103 e. The second kappa shape index (κ2) is 2.39. The molecule has 0 aromatic carbocycles. The first-order valence-corrected chi connectivity index (χ1v) is 4.03. The lowest BCUT2D eigenvalue weighted by Crippen LogP contribution is -2.00. The third kappa shape index (κ3) is 1.10. The molecule has 0 aromatic rings. The number of ether oxygens (including phenoxy) is 1. The number of rotatable bonds is 2. The molecule has 1 nitrogen and oxygen atoms in total. The maximum Gasteiger partial charge on any atom is 0.103 e. The van der Waals surface area contributed by atoms with Gasteiger partial charge < -0.3 is 4.74 Å². The standard InChI is InChI=1S/C9H13O/c1-2-3-7-4-5-8-9(6-7)10-8/h2,6,8-9H,3-5H2,1H3. The van der Waals surface area contributed by atoms with Crippen LogP contribution < -0.4 is 0 Å². The Morgan fingerprint density at radius 1 is 1.80 bits per heavy atom. The van der Waals surface area contributed by atoms with Gasteiger partial charge in [0.15, 0.2) is 0 Å². The SMILES string of the molecule is C[CH]CC1=CC2OC2CC1. The third-order valence-electron chi connectivity index (χ3n) is 2.24. The minimum absolute atomic E-state index is 0.503. The highest BCUT2D eigenvalue weighted by Crippen LogP contribution is 2.35. The van der Waals surface area contributed by atoms with Gasteiger partial charge in [-0.05, 0) is 25.7 Å². The summed E-state index contributed by atoms with van der Waals surface area (Å²) >= 11 is 0. The van der Waals surface area contributed by atoms with Crippen LogP contribution in [0, 0.1) is 6.42 Å². The summed E-state index contributed by atoms with van der Waals surface area (Å²) in [5.74, 6) is 0. The number of fused-ring (bicyclic) bond motifs is 1. The van der Waals surface area contributed by atoms with Crippen molar-refractivity contribution in [3.8, 4) is 0 Å². The molecule has 1 aliphatic heterocycles. The Morgan fingerprint density at radius 2 is 2.70 bits per heavy atom. The zero-order chi connectivity index (χ0) is 6.97. The second-order valence-electron chi connectivity index (χ2n) is 3.12. The van der Waals surface area contributed by atoms with Crippen LogP contribution in [0.15, 0.2) is 11.6 Å².